The molecule has 0 aliphatic carbocycles. The van der Waals surface area contributed by atoms with Crippen molar-refractivity contribution < 1.29 is 14.6 Å². The Morgan fingerprint density at radius 3 is 3.00 bits per heavy atom. The minimum atomic E-state index is -0.383. The molecule has 0 bridgehead atoms. The molecule has 7 heteroatoms. The number of piperidine rings is 1. The number of nitrogens with one attached hydrogen (secondary N) is 1. The molecule has 1 atom stereocenters. The normalized spacial score (nSPS) is 16.4. The minimum absolute atomic E-state index is 0.0294. The highest BCUT2D eigenvalue weighted by molar-refractivity contribution is 7.99. The molecule has 1 aliphatic heterocycles. The van der Waals surface area contributed by atoms with Crippen molar-refractivity contribution in [3.63, 3.8) is 0 Å². The van der Waals surface area contributed by atoms with E-state index < -0.39 is 0 Å². The monoisotopic (exact) mass is 393 g/mol. The molecule has 1 amide bonds. The molecule has 1 aromatic heterocycles. The molecule has 1 saturated heterocycles. The van der Waals surface area contributed by atoms with Gasteiger partial charge in [0.2, 0.25) is 11.8 Å². The fourth-order valence-corrected chi connectivity index (χ4v) is 3.58. The molecule has 0 radical (unpaired) electrons. The van der Waals surface area contributed by atoms with Crippen LogP contribution in [0.1, 0.15) is 31.7 Å². The summed E-state index contributed by atoms with van der Waals surface area (Å²) in [5.74, 6) is 1.54. The van der Waals surface area contributed by atoms with Gasteiger partial charge in [-0.15, -0.1) is 11.8 Å². The molecule has 0 aromatic carbocycles. The Kier molecular flexibility index (Phi) is 10.3. The number of hydrogen-bond acceptors (Lipinski definition) is 6. The van der Waals surface area contributed by atoms with Crippen molar-refractivity contribution in [3.8, 4) is 5.88 Å². The van der Waals surface area contributed by atoms with E-state index in [0.717, 1.165) is 6.54 Å². The van der Waals surface area contributed by atoms with Crippen LogP contribution in [0, 0.1) is 0 Å². The Labute approximate surface area is 166 Å². The number of nitrogens with zero attached hydrogens (tertiary/aromatic N) is 2. The van der Waals surface area contributed by atoms with Crippen LogP contribution in [0.2, 0.25) is 0 Å². The zero-order chi connectivity index (χ0) is 19.3. The zero-order valence-corrected chi connectivity index (χ0v) is 16.9. The largest absolute Gasteiger partial charge is 0.473 e. The van der Waals surface area contributed by atoms with E-state index in [0.29, 0.717) is 30.5 Å². The van der Waals surface area contributed by atoms with E-state index in [2.05, 4.69) is 15.2 Å². The molecule has 2 heterocycles. The van der Waals surface area contributed by atoms with Crippen LogP contribution in [-0.2, 0) is 11.3 Å². The van der Waals surface area contributed by atoms with Gasteiger partial charge < -0.3 is 15.2 Å². The van der Waals surface area contributed by atoms with Gasteiger partial charge in [-0.1, -0.05) is 12.5 Å². The Bertz CT molecular complexity index is 590. The molecular formula is C20H31N3O3S. The molecule has 2 rings (SSSR count). The Balaban J connectivity index is 1.61. The number of carbonyl (C=O) groups is 1. The third-order valence-corrected chi connectivity index (χ3v) is 5.34. The third kappa shape index (κ3) is 9.79. The first-order chi connectivity index (χ1) is 13.1. The van der Waals surface area contributed by atoms with E-state index in [4.69, 9.17) is 9.84 Å². The van der Waals surface area contributed by atoms with E-state index in [9.17, 15) is 4.79 Å². The molecule has 27 heavy (non-hydrogen) atoms. The second-order valence-corrected chi connectivity index (χ2v) is 7.82. The van der Waals surface area contributed by atoms with Crippen molar-refractivity contribution in [1.29, 1.82) is 0 Å². The van der Waals surface area contributed by atoms with E-state index in [1.165, 1.54) is 49.7 Å². The molecule has 1 unspecified atom stereocenters. The molecule has 2 N–H and O–H groups in total. The average molecular weight is 394 g/mol. The van der Waals surface area contributed by atoms with Crippen molar-refractivity contribution >= 4 is 17.7 Å². The zero-order valence-electron chi connectivity index (χ0n) is 16.1. The van der Waals surface area contributed by atoms with Crippen molar-refractivity contribution in [2.24, 2.45) is 0 Å². The highest BCUT2D eigenvalue weighted by Crippen LogP contribution is 2.15. The summed E-state index contributed by atoms with van der Waals surface area (Å²) >= 11 is 1.43. The number of thioether (sulfide) groups is 1. The van der Waals surface area contributed by atoms with Crippen LogP contribution in [0.15, 0.2) is 30.5 Å². The minimum Gasteiger partial charge on any atom is -0.473 e. The predicted molar refractivity (Wildman–Crippen MR) is 110 cm³/mol. The van der Waals surface area contributed by atoms with E-state index in [-0.39, 0.29) is 12.0 Å². The standard InChI is InChI=1S/C20H31N3O3S/c1-17(24)15-27-16-19(25)21-8-3-6-12-26-20-13-18(7-9-22-20)14-23-10-4-2-5-11-23/h3,6-7,9,13,17,24H,2,4-5,8,10-12,14-16H2,1H3,(H,21,25)/b6-3-. The summed E-state index contributed by atoms with van der Waals surface area (Å²) in [4.78, 5) is 18.3. The molecule has 150 valence electrons. The number of aromatic nitrogens is 1. The lowest BCUT2D eigenvalue weighted by molar-refractivity contribution is -0.118. The second kappa shape index (κ2) is 12.8. The summed E-state index contributed by atoms with van der Waals surface area (Å²) in [7, 11) is 0. The Morgan fingerprint density at radius 1 is 1.41 bits per heavy atom. The van der Waals surface area contributed by atoms with Gasteiger partial charge in [0.15, 0.2) is 0 Å². The number of likely N-dealkylation sites (tertiary alicyclic amines) is 1. The molecule has 0 saturated carbocycles. The van der Waals surface area contributed by atoms with Gasteiger partial charge in [-0.3, -0.25) is 9.69 Å². The fraction of sp³-hybridized carbons (Fsp3) is 0.600. The maximum atomic E-state index is 11.6. The number of aliphatic hydroxyl groups is 1. The first-order valence-electron chi connectivity index (χ1n) is 9.61. The van der Waals surface area contributed by atoms with E-state index >= 15 is 0 Å². The molecule has 6 nitrogen and oxygen atoms in total. The van der Waals surface area contributed by atoms with Crippen LogP contribution < -0.4 is 10.1 Å². The van der Waals surface area contributed by atoms with Crippen LogP contribution in [0.5, 0.6) is 5.88 Å². The first-order valence-corrected chi connectivity index (χ1v) is 10.8. The van der Waals surface area contributed by atoms with Crippen molar-refractivity contribution in [1.82, 2.24) is 15.2 Å². The molecule has 1 aliphatic rings. The molecular weight excluding hydrogens is 362 g/mol. The lowest BCUT2D eigenvalue weighted by Gasteiger charge is -2.26. The number of hydrogen-bond donors (Lipinski definition) is 2. The molecule has 0 spiro atoms. The van der Waals surface area contributed by atoms with Gasteiger partial charge in [0.25, 0.3) is 0 Å². The summed E-state index contributed by atoms with van der Waals surface area (Å²) in [5, 5.41) is 12.0. The summed E-state index contributed by atoms with van der Waals surface area (Å²) in [6.45, 7) is 5.90. The Hall–Kier alpha value is -1.57. The topological polar surface area (TPSA) is 74.7 Å². The third-order valence-electron chi connectivity index (χ3n) is 4.16. The van der Waals surface area contributed by atoms with Crippen LogP contribution in [0.4, 0.5) is 0 Å². The van der Waals surface area contributed by atoms with Crippen molar-refractivity contribution in [2.45, 2.75) is 38.8 Å². The first kappa shape index (κ1) is 21.7. The highest BCUT2D eigenvalue weighted by Gasteiger charge is 2.10. The summed E-state index contributed by atoms with van der Waals surface area (Å²) in [6.07, 6.45) is 9.07. The SMILES string of the molecule is CC(O)CSCC(=O)NC/C=C\COc1cc(CN2CCCCC2)ccn1. The number of carbonyl (C=O) groups excluding carboxylic acids is 1. The molecule has 1 aromatic rings. The van der Waals surface area contributed by atoms with Crippen molar-refractivity contribution in [3.05, 3.63) is 36.0 Å². The smallest absolute Gasteiger partial charge is 0.230 e. The van der Waals surface area contributed by atoms with Gasteiger partial charge in [0.1, 0.15) is 6.61 Å². The van der Waals surface area contributed by atoms with E-state index in [1.54, 1.807) is 13.1 Å². The number of rotatable bonds is 11. The lowest BCUT2D eigenvalue weighted by atomic mass is 10.1. The summed E-state index contributed by atoms with van der Waals surface area (Å²) in [6, 6.07) is 4.05. The highest BCUT2D eigenvalue weighted by atomic mass is 32.2. The number of pyridine rings is 1. The van der Waals surface area contributed by atoms with Gasteiger partial charge in [-0.05, 0) is 50.6 Å². The van der Waals surface area contributed by atoms with Gasteiger partial charge in [0.05, 0.1) is 11.9 Å². The average Bonchev–Trinajstić information content (AvgIpc) is 2.65. The lowest BCUT2D eigenvalue weighted by Crippen LogP contribution is -2.29. The van der Waals surface area contributed by atoms with Crippen LogP contribution in [0.3, 0.4) is 0 Å². The van der Waals surface area contributed by atoms with Crippen LogP contribution >= 0.6 is 11.8 Å². The van der Waals surface area contributed by atoms with Gasteiger partial charge in [0, 0.05) is 31.1 Å². The van der Waals surface area contributed by atoms with Crippen LogP contribution in [-0.4, -0.2) is 64.7 Å². The number of aliphatic hydroxyl groups excluding tert-OH is 1. The quantitative estimate of drug-likeness (QED) is 0.562. The second-order valence-electron chi connectivity index (χ2n) is 6.79. The number of ether oxygens (including phenoxy) is 1. The maximum Gasteiger partial charge on any atom is 0.230 e. The van der Waals surface area contributed by atoms with Gasteiger partial charge >= 0.3 is 0 Å². The molecule has 1 fully saturated rings. The summed E-state index contributed by atoms with van der Waals surface area (Å²) < 4.78 is 5.67. The summed E-state index contributed by atoms with van der Waals surface area (Å²) in [5.41, 5.74) is 1.23. The van der Waals surface area contributed by atoms with Gasteiger partial charge in [-0.2, -0.15) is 0 Å². The Morgan fingerprint density at radius 2 is 2.22 bits per heavy atom. The van der Waals surface area contributed by atoms with Crippen LogP contribution in [0.25, 0.3) is 0 Å². The maximum absolute atomic E-state index is 11.6. The van der Waals surface area contributed by atoms with E-state index in [1.807, 2.05) is 24.3 Å². The fourth-order valence-electron chi connectivity index (χ4n) is 2.83. The van der Waals surface area contributed by atoms with Gasteiger partial charge in [-0.25, -0.2) is 4.98 Å². The number of amides is 1. The predicted octanol–water partition coefficient (Wildman–Crippen LogP) is 2.23. The van der Waals surface area contributed by atoms with Crippen molar-refractivity contribution in [2.75, 3.05) is 37.7 Å².